The average Bonchev–Trinajstić information content (AvgIpc) is 3.84. The van der Waals surface area contributed by atoms with E-state index in [0.29, 0.717) is 11.8 Å². The summed E-state index contributed by atoms with van der Waals surface area (Å²) in [7, 11) is 1.57. The second-order valence-electron chi connectivity index (χ2n) is 8.17. The summed E-state index contributed by atoms with van der Waals surface area (Å²) in [5.41, 5.74) is 3.39. The molecule has 0 saturated heterocycles. The Kier molecular flexibility index (Phi) is 34.5. The van der Waals surface area contributed by atoms with E-state index in [0.717, 1.165) is 28.3 Å². The van der Waals surface area contributed by atoms with Gasteiger partial charge in [-0.25, -0.2) is 19.3 Å². The van der Waals surface area contributed by atoms with E-state index in [1.54, 1.807) is 16.5 Å². The lowest BCUT2D eigenvalue weighted by Crippen LogP contribution is -2.04. The van der Waals surface area contributed by atoms with Gasteiger partial charge < -0.3 is 4.74 Å². The normalized spacial score (nSPS) is 8.84. The van der Waals surface area contributed by atoms with E-state index in [1.165, 1.54) is 0 Å². The van der Waals surface area contributed by atoms with Crippen LogP contribution in [0.25, 0.3) is 34.2 Å². The molecule has 6 aromatic rings. The lowest BCUT2D eigenvalue weighted by molar-refractivity contribution is 0.380. The lowest BCUT2D eigenvalue weighted by Gasteiger charge is -2.06. The van der Waals surface area contributed by atoms with Crippen LogP contribution in [0, 0.1) is 0 Å². The fourth-order valence-corrected chi connectivity index (χ4v) is 3.77. The fraction of sp³-hybridized carbons (Fsp3) is 0.263. The Balaban J connectivity index is 0. The summed E-state index contributed by atoms with van der Waals surface area (Å²) in [6.07, 6.45) is 0. The molecule has 0 bridgehead atoms. The zero-order chi connectivity index (χ0) is 39.0. The van der Waals surface area contributed by atoms with Gasteiger partial charge in [0.25, 0.3) is 0 Å². The molecular weight excluding hydrogens is 1210 g/mol. The summed E-state index contributed by atoms with van der Waals surface area (Å²) in [6, 6.07) is 39.4. The second kappa shape index (κ2) is 34.2. The summed E-state index contributed by atoms with van der Waals surface area (Å²) in [5, 5.41) is 7.07. The van der Waals surface area contributed by atoms with Crippen molar-refractivity contribution in [3.05, 3.63) is 132 Å². The van der Waals surface area contributed by atoms with E-state index in [-0.39, 0.29) is 5.69 Å². The second-order valence-corrected chi connectivity index (χ2v) is 19.1. The van der Waals surface area contributed by atoms with Gasteiger partial charge >= 0.3 is 11.7 Å². The lowest BCUT2D eigenvalue weighted by atomic mass is 10.2. The van der Waals surface area contributed by atoms with E-state index in [2.05, 4.69) is 125 Å². The number of aromatic nitrogens is 6. The number of halogens is 5. The number of nitrogens with one attached hydrogen (secondary N) is 1. The predicted molar refractivity (Wildman–Crippen MR) is 262 cm³/mol. The van der Waals surface area contributed by atoms with E-state index in [9.17, 15) is 4.79 Å². The minimum absolute atomic E-state index is 0.349. The summed E-state index contributed by atoms with van der Waals surface area (Å²) in [4.78, 5) is 19.9. The minimum Gasteiger partial charge on any atom is -0.466 e. The maximum atomic E-state index is 11.5. The third-order valence-electron chi connectivity index (χ3n) is 5.48. The molecule has 0 fully saturated rings. The monoisotopic (exact) mass is 1260 g/mol. The van der Waals surface area contributed by atoms with Crippen LogP contribution in [0.1, 0.15) is 55.4 Å². The minimum atomic E-state index is -0.349. The van der Waals surface area contributed by atoms with Crippen molar-refractivity contribution in [3.8, 4) is 40.2 Å². The molecule has 0 aliphatic heterocycles. The van der Waals surface area contributed by atoms with Crippen LogP contribution in [0.3, 0.4) is 0 Å². The van der Waals surface area contributed by atoms with Crippen molar-refractivity contribution in [2.24, 2.45) is 0 Å². The third kappa shape index (κ3) is 19.9. The number of para-hydroxylation sites is 2. The van der Waals surface area contributed by atoms with E-state index in [1.807, 2.05) is 177 Å². The Morgan fingerprint density at radius 1 is 0.569 bits per heavy atom. The third-order valence-corrected chi connectivity index (χ3v) is 5.48. The summed E-state index contributed by atoms with van der Waals surface area (Å²) < 4.78 is 9.36. The molecule has 0 unspecified atom stereocenters. The number of H-pyrrole nitrogens is 1. The van der Waals surface area contributed by atoms with Gasteiger partial charge in [0.1, 0.15) is -0.0619 Å². The molecule has 2 aromatic heterocycles. The van der Waals surface area contributed by atoms with Crippen molar-refractivity contribution in [1.29, 1.82) is 0 Å². The van der Waals surface area contributed by atoms with E-state index >= 15 is 0 Å². The van der Waals surface area contributed by atoms with Gasteiger partial charge in [-0.15, -0.1) is 5.10 Å². The number of alkyl halides is 3. The molecule has 13 heteroatoms. The number of ether oxygens (including phenoxy) is 1. The number of hydrogen-bond acceptors (Lipinski definition) is 5. The summed E-state index contributed by atoms with van der Waals surface area (Å²) >= 11 is 11.2. The predicted octanol–water partition coefficient (Wildman–Crippen LogP) is 13.6. The van der Waals surface area contributed by atoms with E-state index in [4.69, 9.17) is 4.74 Å². The molecule has 4 aromatic carbocycles. The van der Waals surface area contributed by atoms with Crippen molar-refractivity contribution in [2.45, 2.75) is 55.3 Å². The number of benzene rings is 4. The first-order valence-corrected chi connectivity index (χ1v) is 26.5. The van der Waals surface area contributed by atoms with Crippen molar-refractivity contribution in [1.82, 2.24) is 29.5 Å². The maximum absolute atomic E-state index is 11.5. The van der Waals surface area contributed by atoms with Gasteiger partial charge in [0, 0.05) is 48.4 Å². The fourth-order valence-electron chi connectivity index (χ4n) is 3.77. The largest absolute Gasteiger partial charge is 0.466 e. The van der Waals surface area contributed by atoms with Gasteiger partial charge in [0.2, 0.25) is 0 Å². The highest BCUT2D eigenvalue weighted by molar-refractivity contribution is 15.0. The first-order chi connectivity index (χ1) is 25.0. The van der Waals surface area contributed by atoms with Crippen LogP contribution < -0.4 is 10.4 Å². The molecule has 0 aliphatic rings. The molecule has 0 spiro atoms. The molecule has 6 rings (SSSR count). The van der Waals surface area contributed by atoms with E-state index < -0.39 is 0 Å². The van der Waals surface area contributed by atoms with Crippen LogP contribution in [-0.2, 0) is 0 Å². The highest BCUT2D eigenvalue weighted by Gasteiger charge is 2.13. The van der Waals surface area contributed by atoms with Gasteiger partial charge in [-0.2, -0.15) is 9.97 Å². The van der Waals surface area contributed by atoms with Gasteiger partial charge in [-0.3, -0.25) is 0 Å². The van der Waals surface area contributed by atoms with Crippen LogP contribution >= 0.6 is 105 Å². The first kappa shape index (κ1) is 51.5. The first-order valence-electron chi connectivity index (χ1n) is 16.4. The standard InChI is InChI=1S/C15H13N3O.C14H11N3O.4C2H6.CHI3.I2/c1-19-15-16-14(12-8-4-2-5-9-12)18(17-15)13-10-6-3-7-11-13;18-14-15-13(11-7-3-1-4-8-11)17(16-14)12-9-5-2-6-10-12;4*1-2;2-1(3)4;1-2/h2-11H,1H3;1-10H,(H,16,18);4*1-2H3;1H;. The highest BCUT2D eigenvalue weighted by Crippen LogP contribution is 2.23. The molecule has 278 valence electrons. The Labute approximate surface area is 369 Å². The zero-order valence-electron chi connectivity index (χ0n) is 30.6. The highest BCUT2D eigenvalue weighted by atomic mass is 128. The Morgan fingerprint density at radius 2 is 0.922 bits per heavy atom. The SMILES string of the molecule is CC.CC.CC.CC.COc1nc(-c2ccccc2)n(-c2ccccc2)n1.IC(I)I.II.O=c1nc(-c2ccccc2)n(-c2ccccc2)[nH]1. The molecule has 8 nitrogen and oxygen atoms in total. The van der Waals surface area contributed by atoms with Crippen molar-refractivity contribution >= 4 is 105 Å². The van der Waals surface area contributed by atoms with Crippen LogP contribution in [0.15, 0.2) is 126 Å². The topological polar surface area (TPSA) is 90.6 Å². The molecule has 0 radical (unpaired) electrons. The number of methoxy groups -OCH3 is 1. The molecule has 2 heterocycles. The number of rotatable bonds is 5. The van der Waals surface area contributed by atoms with Crippen molar-refractivity contribution < 1.29 is 4.74 Å². The van der Waals surface area contributed by atoms with Crippen molar-refractivity contribution in [2.75, 3.05) is 7.11 Å². The Hall–Kier alpha value is -1.59. The van der Waals surface area contributed by atoms with Crippen molar-refractivity contribution in [3.63, 3.8) is 0 Å². The van der Waals surface area contributed by atoms with Crippen LogP contribution in [-0.4, -0.2) is 36.6 Å². The van der Waals surface area contributed by atoms with Gasteiger partial charge in [0.05, 0.1) is 18.5 Å². The molecule has 0 atom stereocenters. The van der Waals surface area contributed by atoms with Crippen LogP contribution in [0.2, 0.25) is 0 Å². The Morgan fingerprint density at radius 3 is 1.31 bits per heavy atom. The average molecular weight is 1260 g/mol. The van der Waals surface area contributed by atoms with Gasteiger partial charge in [0.15, 0.2) is 11.6 Å². The Bertz CT molecular complexity index is 1560. The smallest absolute Gasteiger partial charge is 0.362 e. The molecule has 1 N–H and O–H groups in total. The van der Waals surface area contributed by atoms with Crippen LogP contribution in [0.4, 0.5) is 0 Å². The summed E-state index contributed by atoms with van der Waals surface area (Å²) in [5.74, 6) is 1.38. The zero-order valence-corrected chi connectivity index (χ0v) is 41.4. The van der Waals surface area contributed by atoms with Gasteiger partial charge in [-0.1, -0.05) is 220 Å². The molecule has 0 saturated carbocycles. The number of nitrogens with zero attached hydrogens (tertiary/aromatic N) is 5. The molecule has 0 amide bonds. The molecular formula is C38H49I5N6O2. The molecule has 51 heavy (non-hydrogen) atoms. The van der Waals surface area contributed by atoms with Crippen LogP contribution in [0.5, 0.6) is 6.01 Å². The number of hydrogen-bond donors (Lipinski definition) is 1. The quantitative estimate of drug-likeness (QED) is 0.137. The molecule has 0 aliphatic carbocycles. The maximum Gasteiger partial charge on any atom is 0.362 e. The van der Waals surface area contributed by atoms with Gasteiger partial charge in [-0.05, 0) is 24.3 Å². The number of aromatic amines is 1. The summed E-state index contributed by atoms with van der Waals surface area (Å²) in [6.45, 7) is 16.0.